The van der Waals surface area contributed by atoms with Gasteiger partial charge in [0.2, 0.25) is 0 Å². The van der Waals surface area contributed by atoms with Gasteiger partial charge in [0.15, 0.2) is 5.69 Å². The van der Waals surface area contributed by atoms with Crippen LogP contribution in [0, 0.1) is 0 Å². The standard InChI is InChI=1S/C23H26N4O3/c1-2-30-18-11-9-17(10-12-18)27-23(29)20-8-4-3-7-19(20)21(25-27)22(28)24-13-16-26-14-5-6-15-26/h3-4,7-12H,2,5-6,13-16H2,1H3,(H,24,28). The molecule has 1 N–H and O–H groups in total. The molecule has 1 amide bonds. The van der Waals surface area contributed by atoms with Crippen LogP contribution in [0.2, 0.25) is 0 Å². The molecule has 7 heteroatoms. The number of rotatable bonds is 7. The number of nitrogens with zero attached hydrogens (tertiary/aromatic N) is 3. The number of carbonyl (C=O) groups is 1. The van der Waals surface area contributed by atoms with Crippen LogP contribution in [0.3, 0.4) is 0 Å². The van der Waals surface area contributed by atoms with Gasteiger partial charge in [-0.3, -0.25) is 9.59 Å². The van der Waals surface area contributed by atoms with Gasteiger partial charge >= 0.3 is 0 Å². The van der Waals surface area contributed by atoms with Gasteiger partial charge in [-0.15, -0.1) is 0 Å². The first-order valence-electron chi connectivity index (χ1n) is 10.4. The van der Waals surface area contributed by atoms with E-state index in [0.717, 1.165) is 25.4 Å². The Hall–Kier alpha value is -3.19. The zero-order chi connectivity index (χ0) is 20.9. The Labute approximate surface area is 175 Å². The maximum absolute atomic E-state index is 13.0. The largest absolute Gasteiger partial charge is 0.494 e. The molecule has 0 bridgehead atoms. The van der Waals surface area contributed by atoms with E-state index >= 15 is 0 Å². The molecule has 0 saturated carbocycles. The summed E-state index contributed by atoms with van der Waals surface area (Å²) in [6.07, 6.45) is 2.43. The van der Waals surface area contributed by atoms with E-state index in [1.54, 1.807) is 42.5 Å². The first-order valence-corrected chi connectivity index (χ1v) is 10.4. The van der Waals surface area contributed by atoms with E-state index in [-0.39, 0.29) is 17.2 Å². The minimum absolute atomic E-state index is 0.250. The number of benzene rings is 2. The smallest absolute Gasteiger partial charge is 0.279 e. The zero-order valence-electron chi connectivity index (χ0n) is 17.1. The molecule has 156 valence electrons. The summed E-state index contributed by atoms with van der Waals surface area (Å²) in [5, 5.41) is 8.42. The lowest BCUT2D eigenvalue weighted by atomic mass is 10.1. The van der Waals surface area contributed by atoms with Crippen molar-refractivity contribution in [2.24, 2.45) is 0 Å². The van der Waals surface area contributed by atoms with E-state index in [2.05, 4.69) is 15.3 Å². The molecule has 30 heavy (non-hydrogen) atoms. The van der Waals surface area contributed by atoms with Crippen LogP contribution in [-0.2, 0) is 0 Å². The first-order chi connectivity index (χ1) is 14.7. The minimum atomic E-state index is -0.273. The van der Waals surface area contributed by atoms with Gasteiger partial charge in [-0.05, 0) is 63.2 Å². The highest BCUT2D eigenvalue weighted by atomic mass is 16.5. The molecule has 0 radical (unpaired) electrons. The summed E-state index contributed by atoms with van der Waals surface area (Å²) in [6.45, 7) is 6.02. The maximum atomic E-state index is 13.0. The Morgan fingerprint density at radius 3 is 2.47 bits per heavy atom. The van der Waals surface area contributed by atoms with Crippen LogP contribution >= 0.6 is 0 Å². The number of nitrogens with one attached hydrogen (secondary N) is 1. The van der Waals surface area contributed by atoms with Crippen molar-refractivity contribution >= 4 is 16.7 Å². The van der Waals surface area contributed by atoms with E-state index in [1.165, 1.54) is 17.5 Å². The van der Waals surface area contributed by atoms with Gasteiger partial charge in [0.1, 0.15) is 5.75 Å². The Morgan fingerprint density at radius 2 is 1.77 bits per heavy atom. The van der Waals surface area contributed by atoms with Gasteiger partial charge in [0.25, 0.3) is 11.5 Å². The van der Waals surface area contributed by atoms with Crippen LogP contribution < -0.4 is 15.6 Å². The molecular weight excluding hydrogens is 380 g/mol. The summed E-state index contributed by atoms with van der Waals surface area (Å²) in [5.41, 5.74) is 0.573. The molecule has 1 aromatic heterocycles. The summed E-state index contributed by atoms with van der Waals surface area (Å²) in [7, 11) is 0. The molecule has 0 unspecified atom stereocenters. The van der Waals surface area contributed by atoms with Crippen LogP contribution in [0.15, 0.2) is 53.3 Å². The van der Waals surface area contributed by atoms with E-state index in [4.69, 9.17) is 4.74 Å². The molecule has 7 nitrogen and oxygen atoms in total. The van der Waals surface area contributed by atoms with Crippen molar-refractivity contribution in [3.63, 3.8) is 0 Å². The summed E-state index contributed by atoms with van der Waals surface area (Å²) in [5.74, 6) is 0.444. The van der Waals surface area contributed by atoms with Crippen LogP contribution in [0.4, 0.5) is 0 Å². The van der Waals surface area contributed by atoms with Crippen molar-refractivity contribution in [3.05, 3.63) is 64.6 Å². The molecule has 0 aliphatic carbocycles. The zero-order valence-corrected chi connectivity index (χ0v) is 17.1. The molecule has 1 aliphatic rings. The lowest BCUT2D eigenvalue weighted by Crippen LogP contribution is -2.35. The summed E-state index contributed by atoms with van der Waals surface area (Å²) in [4.78, 5) is 28.3. The average molecular weight is 406 g/mol. The van der Waals surface area contributed by atoms with Crippen molar-refractivity contribution < 1.29 is 9.53 Å². The molecule has 2 heterocycles. The second-order valence-electron chi connectivity index (χ2n) is 7.34. The first kappa shape index (κ1) is 20.1. The Kier molecular flexibility index (Phi) is 6.09. The molecular formula is C23H26N4O3. The number of aromatic nitrogens is 2. The third kappa shape index (κ3) is 4.21. The molecule has 1 saturated heterocycles. The number of hydrogen-bond acceptors (Lipinski definition) is 5. The molecule has 0 spiro atoms. The van der Waals surface area contributed by atoms with Gasteiger partial charge in [-0.25, -0.2) is 0 Å². The average Bonchev–Trinajstić information content (AvgIpc) is 3.29. The second-order valence-corrected chi connectivity index (χ2v) is 7.34. The van der Waals surface area contributed by atoms with Crippen molar-refractivity contribution in [3.8, 4) is 11.4 Å². The number of likely N-dealkylation sites (tertiary alicyclic amines) is 1. The lowest BCUT2D eigenvalue weighted by Gasteiger charge is -2.15. The van der Waals surface area contributed by atoms with Gasteiger partial charge in [-0.2, -0.15) is 9.78 Å². The predicted octanol–water partition coefficient (Wildman–Crippen LogP) is 2.61. The van der Waals surface area contributed by atoms with Crippen molar-refractivity contribution in [2.45, 2.75) is 19.8 Å². The highest BCUT2D eigenvalue weighted by molar-refractivity contribution is 6.04. The van der Waals surface area contributed by atoms with Crippen molar-refractivity contribution in [1.29, 1.82) is 0 Å². The fourth-order valence-corrected chi connectivity index (χ4v) is 3.80. The highest BCUT2D eigenvalue weighted by Gasteiger charge is 2.18. The van der Waals surface area contributed by atoms with Gasteiger partial charge in [-0.1, -0.05) is 18.2 Å². The topological polar surface area (TPSA) is 76.5 Å². The number of hydrogen-bond donors (Lipinski definition) is 1. The third-order valence-corrected chi connectivity index (χ3v) is 5.32. The lowest BCUT2D eigenvalue weighted by molar-refractivity contribution is 0.0945. The van der Waals surface area contributed by atoms with Gasteiger partial charge < -0.3 is 15.0 Å². The summed E-state index contributed by atoms with van der Waals surface area (Å²) < 4.78 is 6.75. The molecule has 0 atom stereocenters. The summed E-state index contributed by atoms with van der Waals surface area (Å²) >= 11 is 0. The van der Waals surface area contributed by atoms with Crippen LogP contribution in [0.5, 0.6) is 5.75 Å². The quantitative estimate of drug-likeness (QED) is 0.653. The number of amides is 1. The number of fused-ring (bicyclic) bond motifs is 1. The summed E-state index contributed by atoms with van der Waals surface area (Å²) in [6, 6.07) is 14.2. The monoisotopic (exact) mass is 406 g/mol. The highest BCUT2D eigenvalue weighted by Crippen LogP contribution is 2.17. The SMILES string of the molecule is CCOc1ccc(-n2nc(C(=O)NCCN3CCCC3)c3ccccc3c2=O)cc1. The predicted molar refractivity (Wildman–Crippen MR) is 117 cm³/mol. The molecule has 2 aromatic carbocycles. The fraction of sp³-hybridized carbons (Fsp3) is 0.348. The second kappa shape index (κ2) is 9.09. The number of ether oxygens (including phenoxy) is 1. The van der Waals surface area contributed by atoms with E-state index in [1.807, 2.05) is 13.0 Å². The van der Waals surface area contributed by atoms with Gasteiger partial charge in [0.05, 0.1) is 17.7 Å². The van der Waals surface area contributed by atoms with Crippen LogP contribution in [-0.4, -0.2) is 53.4 Å². The van der Waals surface area contributed by atoms with Gasteiger partial charge in [0, 0.05) is 18.5 Å². The number of carbonyl (C=O) groups excluding carboxylic acids is 1. The van der Waals surface area contributed by atoms with Crippen molar-refractivity contribution in [2.75, 3.05) is 32.8 Å². The fourth-order valence-electron chi connectivity index (χ4n) is 3.80. The van der Waals surface area contributed by atoms with E-state index in [9.17, 15) is 9.59 Å². The van der Waals surface area contributed by atoms with E-state index < -0.39 is 0 Å². The molecule has 3 aromatic rings. The van der Waals surface area contributed by atoms with Crippen LogP contribution in [0.25, 0.3) is 16.5 Å². The third-order valence-electron chi connectivity index (χ3n) is 5.32. The Bertz CT molecular complexity index is 1090. The molecule has 1 aliphatic heterocycles. The Morgan fingerprint density at radius 1 is 1.07 bits per heavy atom. The van der Waals surface area contributed by atoms with Crippen molar-refractivity contribution in [1.82, 2.24) is 20.0 Å². The van der Waals surface area contributed by atoms with E-state index in [0.29, 0.717) is 29.6 Å². The minimum Gasteiger partial charge on any atom is -0.494 e. The van der Waals surface area contributed by atoms with Crippen LogP contribution in [0.1, 0.15) is 30.3 Å². The molecule has 4 rings (SSSR count). The Balaban J connectivity index is 1.65. The maximum Gasteiger partial charge on any atom is 0.279 e. The molecule has 1 fully saturated rings. The normalized spacial score (nSPS) is 14.2.